The maximum Gasteiger partial charge on any atom is 0.166 e. The van der Waals surface area contributed by atoms with E-state index in [4.69, 9.17) is 0 Å². The summed E-state index contributed by atoms with van der Waals surface area (Å²) in [6.45, 7) is 4.31. The predicted molar refractivity (Wildman–Crippen MR) is 106 cm³/mol. The number of carbonyl (C=O) groups excluding carboxylic acids is 1. The Balaban J connectivity index is 1.74. The quantitative estimate of drug-likeness (QED) is 0.544. The van der Waals surface area contributed by atoms with Gasteiger partial charge in [0.1, 0.15) is 0 Å². The van der Waals surface area contributed by atoms with Gasteiger partial charge in [0.2, 0.25) is 0 Å². The molecule has 0 aliphatic heterocycles. The van der Waals surface area contributed by atoms with Crippen LogP contribution in [0.3, 0.4) is 0 Å². The van der Waals surface area contributed by atoms with Crippen molar-refractivity contribution in [2.24, 2.45) is 5.92 Å². The molecule has 1 unspecified atom stereocenters. The van der Waals surface area contributed by atoms with E-state index in [1.54, 1.807) is 0 Å². The van der Waals surface area contributed by atoms with Crippen molar-refractivity contribution in [1.29, 1.82) is 0 Å². The zero-order valence-corrected chi connectivity index (χ0v) is 15.4. The van der Waals surface area contributed by atoms with Crippen molar-refractivity contribution in [3.8, 4) is 11.1 Å². The van der Waals surface area contributed by atoms with Crippen molar-refractivity contribution >= 4 is 11.4 Å². The van der Waals surface area contributed by atoms with Crippen LogP contribution in [0.15, 0.2) is 54.6 Å². The van der Waals surface area contributed by atoms with Gasteiger partial charge < -0.3 is 0 Å². The molecule has 1 atom stereocenters. The van der Waals surface area contributed by atoms with Gasteiger partial charge in [0, 0.05) is 11.5 Å². The highest BCUT2D eigenvalue weighted by Crippen LogP contribution is 2.32. The molecule has 0 amide bonds. The van der Waals surface area contributed by atoms with Crippen molar-refractivity contribution in [2.75, 3.05) is 0 Å². The number of unbranched alkanes of at least 4 members (excludes halogenated alkanes) is 2. The smallest absolute Gasteiger partial charge is 0.166 e. The lowest BCUT2D eigenvalue weighted by Crippen LogP contribution is -2.19. The van der Waals surface area contributed by atoms with Crippen molar-refractivity contribution in [3.63, 3.8) is 0 Å². The lowest BCUT2D eigenvalue weighted by Gasteiger charge is -2.22. The number of aryl methyl sites for hydroxylation is 1. The molecular weight excluding hydrogens is 304 g/mol. The average Bonchev–Trinajstić information content (AvgIpc) is 2.64. The molecule has 0 spiro atoms. The molecule has 0 saturated heterocycles. The molecule has 0 radical (unpaired) electrons. The van der Waals surface area contributed by atoms with Crippen molar-refractivity contribution < 1.29 is 4.79 Å². The summed E-state index contributed by atoms with van der Waals surface area (Å²) in [4.78, 5) is 12.8. The zero-order valence-electron chi connectivity index (χ0n) is 15.4. The van der Waals surface area contributed by atoms with Crippen LogP contribution in [0.4, 0.5) is 0 Å². The highest BCUT2D eigenvalue weighted by molar-refractivity contribution is 6.22. The number of benzene rings is 2. The van der Waals surface area contributed by atoms with E-state index >= 15 is 0 Å². The number of hydrogen-bond acceptors (Lipinski definition) is 1. The van der Waals surface area contributed by atoms with Crippen LogP contribution in [0.5, 0.6) is 0 Å². The summed E-state index contributed by atoms with van der Waals surface area (Å²) in [7, 11) is 0. The van der Waals surface area contributed by atoms with E-state index in [0.717, 1.165) is 30.4 Å². The highest BCUT2D eigenvalue weighted by Gasteiger charge is 2.25. The topological polar surface area (TPSA) is 17.1 Å². The summed E-state index contributed by atoms with van der Waals surface area (Å²) < 4.78 is 0. The number of rotatable bonds is 6. The first-order chi connectivity index (χ1) is 12.2. The molecule has 3 rings (SSSR count). The minimum Gasteiger partial charge on any atom is -0.294 e. The number of allylic oxidation sites excluding steroid dienone is 2. The van der Waals surface area contributed by atoms with Crippen molar-refractivity contribution in [3.05, 3.63) is 65.7 Å². The van der Waals surface area contributed by atoms with Crippen LogP contribution in [-0.4, -0.2) is 5.78 Å². The minimum absolute atomic E-state index is 0.225. The van der Waals surface area contributed by atoms with Crippen LogP contribution in [0.2, 0.25) is 0 Å². The van der Waals surface area contributed by atoms with E-state index in [1.807, 2.05) is 0 Å². The van der Waals surface area contributed by atoms with Gasteiger partial charge in [-0.1, -0.05) is 86.4 Å². The van der Waals surface area contributed by atoms with Gasteiger partial charge in [0.25, 0.3) is 0 Å². The lowest BCUT2D eigenvalue weighted by molar-refractivity contribution is -0.118. The van der Waals surface area contributed by atoms with E-state index in [0.29, 0.717) is 5.78 Å². The molecular formula is C24H28O. The van der Waals surface area contributed by atoms with Crippen LogP contribution >= 0.6 is 0 Å². The average molecular weight is 332 g/mol. The van der Waals surface area contributed by atoms with Crippen molar-refractivity contribution in [2.45, 2.75) is 52.4 Å². The van der Waals surface area contributed by atoms with Gasteiger partial charge in [-0.2, -0.15) is 0 Å². The molecule has 2 aromatic rings. The molecule has 25 heavy (non-hydrogen) atoms. The monoisotopic (exact) mass is 332 g/mol. The predicted octanol–water partition coefficient (Wildman–Crippen LogP) is 6.60. The Labute approximate surface area is 151 Å². The second kappa shape index (κ2) is 8.29. The lowest BCUT2D eigenvalue weighted by atomic mass is 9.81. The molecule has 130 valence electrons. The third-order valence-electron chi connectivity index (χ3n) is 5.24. The first-order valence-electron chi connectivity index (χ1n) is 9.61. The summed E-state index contributed by atoms with van der Waals surface area (Å²) in [5.74, 6) is 0.578. The maximum atomic E-state index is 12.8. The molecule has 0 N–H and O–H groups in total. The normalized spacial score (nSPS) is 17.4. The Hall–Kier alpha value is -2.15. The second-order valence-corrected chi connectivity index (χ2v) is 7.20. The van der Waals surface area contributed by atoms with E-state index in [9.17, 15) is 4.79 Å². The van der Waals surface area contributed by atoms with Crippen LogP contribution in [0.25, 0.3) is 16.7 Å². The standard InChI is InChI=1S/C24H28O/c1-3-4-5-7-22-8-6-9-23(24(22)25)21-16-14-20(15-17-21)19-12-10-18(2)11-13-19/h9-17,22H,3-8H2,1-2H3. The van der Waals surface area contributed by atoms with Crippen LogP contribution < -0.4 is 0 Å². The molecule has 1 aliphatic carbocycles. The number of hydrogen-bond donors (Lipinski definition) is 0. The summed E-state index contributed by atoms with van der Waals surface area (Å²) in [6, 6.07) is 17.1. The van der Waals surface area contributed by atoms with E-state index in [-0.39, 0.29) is 5.92 Å². The Morgan fingerprint density at radius 3 is 2.12 bits per heavy atom. The van der Waals surface area contributed by atoms with Gasteiger partial charge >= 0.3 is 0 Å². The third kappa shape index (κ3) is 4.28. The first kappa shape index (κ1) is 17.7. The van der Waals surface area contributed by atoms with E-state index in [2.05, 4.69) is 68.5 Å². The van der Waals surface area contributed by atoms with Crippen LogP contribution in [0.1, 0.15) is 56.6 Å². The van der Waals surface area contributed by atoms with Crippen LogP contribution in [0, 0.1) is 12.8 Å². The molecule has 1 aliphatic rings. The van der Waals surface area contributed by atoms with Gasteiger partial charge in [-0.05, 0) is 42.9 Å². The highest BCUT2D eigenvalue weighted by atomic mass is 16.1. The molecule has 0 saturated carbocycles. The third-order valence-corrected chi connectivity index (χ3v) is 5.24. The van der Waals surface area contributed by atoms with Gasteiger partial charge in [-0.25, -0.2) is 0 Å². The van der Waals surface area contributed by atoms with Gasteiger partial charge in [-0.15, -0.1) is 0 Å². The Morgan fingerprint density at radius 2 is 1.48 bits per heavy atom. The van der Waals surface area contributed by atoms with Crippen LogP contribution in [-0.2, 0) is 4.79 Å². The van der Waals surface area contributed by atoms with E-state index in [1.165, 1.54) is 36.0 Å². The molecule has 0 heterocycles. The number of Topliss-reactive ketones (excluding diaryl/α,β-unsaturated/α-hetero) is 1. The minimum atomic E-state index is 0.225. The summed E-state index contributed by atoms with van der Waals surface area (Å²) in [5.41, 5.74) is 5.70. The van der Waals surface area contributed by atoms with Gasteiger partial charge in [0.05, 0.1) is 0 Å². The fourth-order valence-electron chi connectivity index (χ4n) is 3.64. The molecule has 0 bridgehead atoms. The zero-order chi connectivity index (χ0) is 17.6. The molecule has 1 nitrogen and oxygen atoms in total. The fourth-order valence-corrected chi connectivity index (χ4v) is 3.64. The summed E-state index contributed by atoms with van der Waals surface area (Å²) >= 11 is 0. The molecule has 1 heteroatoms. The second-order valence-electron chi connectivity index (χ2n) is 7.20. The van der Waals surface area contributed by atoms with Gasteiger partial charge in [-0.3, -0.25) is 4.79 Å². The summed E-state index contributed by atoms with van der Waals surface area (Å²) in [5, 5.41) is 0. The fraction of sp³-hybridized carbons (Fsp3) is 0.375. The van der Waals surface area contributed by atoms with Gasteiger partial charge in [0.15, 0.2) is 5.78 Å². The number of carbonyl (C=O) groups is 1. The number of ketones is 1. The molecule has 0 aromatic heterocycles. The Bertz CT molecular complexity index is 735. The van der Waals surface area contributed by atoms with E-state index < -0.39 is 0 Å². The van der Waals surface area contributed by atoms with Crippen molar-refractivity contribution in [1.82, 2.24) is 0 Å². The Morgan fingerprint density at radius 1 is 0.880 bits per heavy atom. The SMILES string of the molecule is CCCCCC1CCC=C(c2ccc(-c3ccc(C)cc3)cc2)C1=O. The first-order valence-corrected chi connectivity index (χ1v) is 9.61. The summed E-state index contributed by atoms with van der Waals surface area (Å²) in [6.07, 6.45) is 8.85. The largest absolute Gasteiger partial charge is 0.294 e. The maximum absolute atomic E-state index is 12.8. The Kier molecular flexibility index (Phi) is 5.86. The molecule has 2 aromatic carbocycles. The molecule has 0 fully saturated rings.